The first kappa shape index (κ1) is 44.2. The lowest BCUT2D eigenvalue weighted by atomic mass is 9.92. The van der Waals surface area contributed by atoms with E-state index < -0.39 is 85.8 Å². The van der Waals surface area contributed by atoms with Crippen molar-refractivity contribution >= 4 is 33.3 Å². The quantitative estimate of drug-likeness (QED) is 0.120. The summed E-state index contributed by atoms with van der Waals surface area (Å²) in [6.45, 7) is 1.08. The maximum absolute atomic E-state index is 13.5. The summed E-state index contributed by atoms with van der Waals surface area (Å²) >= 11 is 6.03. The zero-order valence-electron chi connectivity index (χ0n) is 30.4. The van der Waals surface area contributed by atoms with Crippen LogP contribution in [0.3, 0.4) is 0 Å². The number of carboxylic acid groups (broad SMARTS) is 1. The van der Waals surface area contributed by atoms with E-state index in [1.54, 1.807) is 0 Å². The number of hydrogen-bond donors (Lipinski definition) is 2. The van der Waals surface area contributed by atoms with Gasteiger partial charge in [-0.25, -0.2) is 13.2 Å². The van der Waals surface area contributed by atoms with Crippen molar-refractivity contribution in [1.82, 2.24) is 10.2 Å². The van der Waals surface area contributed by atoms with E-state index in [-0.39, 0.29) is 29.7 Å². The van der Waals surface area contributed by atoms with Gasteiger partial charge in [0.2, 0.25) is 5.91 Å². The van der Waals surface area contributed by atoms with Crippen LogP contribution in [0.15, 0.2) is 47.4 Å². The van der Waals surface area contributed by atoms with Crippen molar-refractivity contribution in [3.05, 3.63) is 58.6 Å². The van der Waals surface area contributed by atoms with Gasteiger partial charge in [-0.1, -0.05) is 81.7 Å². The molecule has 2 aliphatic carbocycles. The molecule has 1 amide bonds. The average molecular weight is 822 g/mol. The molecule has 0 unspecified atom stereocenters. The highest BCUT2D eigenvalue weighted by atomic mass is 35.5. The number of likely N-dealkylation sites (tertiary alicyclic amines) is 1. The SMILES string of the molecule is CCCCCCCCCCNC1(C#N)CC1.O=C(O)[C@@H]1C[C@@H](S(=O)(=O)c2ccc(OCC(F)(F)F)cc2Cl)CN1C(=O)C1(c2cccc(C(F)(F)F)c2)CC1. The van der Waals surface area contributed by atoms with E-state index in [1.165, 1.54) is 57.4 Å². The minimum Gasteiger partial charge on any atom is -0.484 e. The molecule has 3 fully saturated rings. The lowest BCUT2D eigenvalue weighted by molar-refractivity contribution is -0.153. The van der Waals surface area contributed by atoms with Crippen molar-refractivity contribution in [1.29, 1.82) is 5.26 Å². The van der Waals surface area contributed by atoms with E-state index in [1.807, 2.05) is 0 Å². The van der Waals surface area contributed by atoms with Gasteiger partial charge in [-0.2, -0.15) is 31.6 Å². The van der Waals surface area contributed by atoms with E-state index in [0.29, 0.717) is 0 Å². The van der Waals surface area contributed by atoms with Crippen molar-refractivity contribution < 1.29 is 54.2 Å². The van der Waals surface area contributed by atoms with E-state index in [0.717, 1.165) is 60.7 Å². The Morgan fingerprint density at radius 1 is 0.982 bits per heavy atom. The standard InChI is InChI=1S/C24H20ClF6NO6S.C14H26N2/c25-17-9-15(38-12-23(26,27)28)4-5-19(17)39(36,37)16-10-18(20(33)34)32(11-16)21(35)22(6-7-22)13-2-1-3-14(8-13)24(29,30)31;1-2-3-4-5-6-7-8-9-12-16-14(13-15)10-11-14/h1-5,8-9,16,18H,6-7,10-12H2,(H,33,34);16H,2-12H2,1H3/t16-,18+;/m1./s1. The highest BCUT2D eigenvalue weighted by Gasteiger charge is 2.57. The fraction of sp³-hybridized carbons (Fsp3) is 0.605. The third-order valence-corrected chi connectivity index (χ3v) is 12.8. The summed E-state index contributed by atoms with van der Waals surface area (Å²) in [5.41, 5.74) is -2.45. The molecular weight excluding hydrogens is 776 g/mol. The Morgan fingerprint density at radius 2 is 1.62 bits per heavy atom. The molecule has 2 saturated carbocycles. The number of unbranched alkanes of at least 4 members (excludes halogenated alkanes) is 7. The number of carbonyl (C=O) groups is 2. The van der Waals surface area contributed by atoms with Gasteiger partial charge in [-0.05, 0) is 68.8 Å². The van der Waals surface area contributed by atoms with Crippen LogP contribution in [-0.4, -0.2) is 73.0 Å². The maximum atomic E-state index is 13.5. The summed E-state index contributed by atoms with van der Waals surface area (Å²) in [7, 11) is -4.39. The number of halogens is 7. The van der Waals surface area contributed by atoms with Crippen molar-refractivity contribution in [3.8, 4) is 11.8 Å². The zero-order valence-corrected chi connectivity index (χ0v) is 32.0. The number of amides is 1. The smallest absolute Gasteiger partial charge is 0.422 e. The molecular formula is C38H46ClF6N3O6S. The molecule has 0 radical (unpaired) electrons. The van der Waals surface area contributed by atoms with Crippen LogP contribution in [0.25, 0.3) is 0 Å². The summed E-state index contributed by atoms with van der Waals surface area (Å²) in [6.07, 6.45) is 3.44. The minimum absolute atomic E-state index is 0.0512. The molecule has 1 heterocycles. The van der Waals surface area contributed by atoms with Gasteiger partial charge >= 0.3 is 18.3 Å². The van der Waals surface area contributed by atoms with E-state index in [9.17, 15) is 49.5 Å². The van der Waals surface area contributed by atoms with Gasteiger partial charge in [0.1, 0.15) is 17.3 Å². The number of benzene rings is 2. The molecule has 2 N–H and O–H groups in total. The Kier molecular flexibility index (Phi) is 14.6. The van der Waals surface area contributed by atoms with Gasteiger partial charge in [0, 0.05) is 12.6 Å². The number of nitriles is 1. The second-order valence-electron chi connectivity index (χ2n) is 14.5. The van der Waals surface area contributed by atoms with Crippen LogP contribution in [0, 0.1) is 11.3 Å². The van der Waals surface area contributed by atoms with Crippen molar-refractivity contribution in [2.24, 2.45) is 0 Å². The molecule has 1 aliphatic heterocycles. The summed E-state index contributed by atoms with van der Waals surface area (Å²) in [4.78, 5) is 25.9. The van der Waals surface area contributed by atoms with E-state index >= 15 is 0 Å². The van der Waals surface area contributed by atoms with Gasteiger partial charge in [-0.3, -0.25) is 10.1 Å². The molecule has 1 saturated heterocycles. The molecule has 2 atom stereocenters. The monoisotopic (exact) mass is 821 g/mol. The van der Waals surface area contributed by atoms with Crippen molar-refractivity contribution in [2.75, 3.05) is 19.7 Å². The molecule has 0 bridgehead atoms. The summed E-state index contributed by atoms with van der Waals surface area (Å²) < 4.78 is 108. The largest absolute Gasteiger partial charge is 0.484 e. The lowest BCUT2D eigenvalue weighted by Crippen LogP contribution is -2.46. The second kappa shape index (κ2) is 18.1. The fourth-order valence-corrected chi connectivity index (χ4v) is 8.92. The number of hydrogen-bond acceptors (Lipinski definition) is 7. The minimum atomic E-state index is -4.67. The number of sulfone groups is 1. The third kappa shape index (κ3) is 11.7. The molecule has 55 heavy (non-hydrogen) atoms. The molecule has 9 nitrogen and oxygen atoms in total. The van der Waals surface area contributed by atoms with Crippen LogP contribution in [0.1, 0.15) is 102 Å². The molecule has 0 spiro atoms. The first-order valence-electron chi connectivity index (χ1n) is 18.4. The molecule has 5 rings (SSSR count). The van der Waals surface area contributed by atoms with Crippen LogP contribution in [-0.2, 0) is 31.0 Å². The van der Waals surface area contributed by atoms with Crippen LogP contribution >= 0.6 is 11.6 Å². The molecule has 0 aromatic heterocycles. The summed E-state index contributed by atoms with van der Waals surface area (Å²) in [5.74, 6) is -2.64. The first-order valence-corrected chi connectivity index (χ1v) is 20.3. The fourth-order valence-electron chi connectivity index (χ4n) is 6.69. The lowest BCUT2D eigenvalue weighted by Gasteiger charge is -2.27. The van der Waals surface area contributed by atoms with E-state index in [2.05, 4.69) is 23.0 Å². The highest BCUT2D eigenvalue weighted by molar-refractivity contribution is 7.92. The normalized spacial score (nSPS) is 19.9. The van der Waals surface area contributed by atoms with Gasteiger partial charge in [0.25, 0.3) is 0 Å². The number of aliphatic carboxylic acids is 1. The number of rotatable bonds is 17. The highest BCUT2D eigenvalue weighted by Crippen LogP contribution is 2.51. The number of ether oxygens (including phenoxy) is 1. The second-order valence-corrected chi connectivity index (χ2v) is 17.1. The Bertz CT molecular complexity index is 1810. The zero-order chi connectivity index (χ0) is 40.7. The molecule has 3 aliphatic rings. The van der Waals surface area contributed by atoms with Crippen LogP contribution in [0.4, 0.5) is 26.3 Å². The predicted molar refractivity (Wildman–Crippen MR) is 192 cm³/mol. The van der Waals surface area contributed by atoms with Crippen molar-refractivity contribution in [2.45, 2.75) is 130 Å². The number of nitrogens with zero attached hydrogens (tertiary/aromatic N) is 2. The van der Waals surface area contributed by atoms with Crippen LogP contribution < -0.4 is 10.1 Å². The predicted octanol–water partition coefficient (Wildman–Crippen LogP) is 8.63. The van der Waals surface area contributed by atoms with E-state index in [4.69, 9.17) is 16.9 Å². The Labute approximate surface area is 322 Å². The topological polar surface area (TPSA) is 137 Å². The Balaban J connectivity index is 0.000000352. The molecule has 304 valence electrons. The third-order valence-electron chi connectivity index (χ3n) is 10.2. The Hall–Kier alpha value is -3.55. The number of carboxylic acids is 1. The van der Waals surface area contributed by atoms with Crippen molar-refractivity contribution in [3.63, 3.8) is 0 Å². The maximum Gasteiger partial charge on any atom is 0.422 e. The molecule has 2 aromatic carbocycles. The van der Waals surface area contributed by atoms with Gasteiger partial charge < -0.3 is 14.7 Å². The first-order chi connectivity index (χ1) is 25.8. The van der Waals surface area contributed by atoms with Gasteiger partial charge in [0.05, 0.1) is 32.2 Å². The number of carbonyl (C=O) groups excluding carboxylic acids is 1. The average Bonchev–Trinajstić information content (AvgIpc) is 4.05. The number of alkyl halides is 6. The summed E-state index contributed by atoms with van der Waals surface area (Å²) in [6, 6.07) is 7.69. The van der Waals surface area contributed by atoms with Crippen LogP contribution in [0.2, 0.25) is 5.02 Å². The molecule has 17 heteroatoms. The number of nitrogens with one attached hydrogen (secondary N) is 1. The van der Waals surface area contributed by atoms with Crippen LogP contribution in [0.5, 0.6) is 5.75 Å². The summed E-state index contributed by atoms with van der Waals surface area (Å²) in [5, 5.41) is 20.1. The Morgan fingerprint density at radius 3 is 2.15 bits per heavy atom. The molecule has 2 aromatic rings. The van der Waals surface area contributed by atoms with Gasteiger partial charge in [-0.15, -0.1) is 0 Å². The van der Waals surface area contributed by atoms with Gasteiger partial charge in [0.15, 0.2) is 16.4 Å².